The minimum absolute atomic E-state index is 0.226. The molecule has 0 aromatic heterocycles. The van der Waals surface area contributed by atoms with Crippen LogP contribution in [0.5, 0.6) is 17.2 Å². The molecule has 0 saturated heterocycles. The molecule has 8 nitrogen and oxygen atoms in total. The van der Waals surface area contributed by atoms with Crippen LogP contribution in [0, 0.1) is 0 Å². The summed E-state index contributed by atoms with van der Waals surface area (Å²) in [6.07, 6.45) is 1.03. The Hall–Kier alpha value is -2.94. The molecular formula is C19H24N2O6S. The maximum Gasteiger partial charge on any atom is 0.241 e. The molecule has 2 aromatic carbocycles. The first-order valence-corrected chi connectivity index (χ1v) is 10.2. The minimum atomic E-state index is -3.74. The molecule has 0 radical (unpaired) electrons. The molecule has 0 heterocycles. The van der Waals surface area contributed by atoms with Gasteiger partial charge in [0.15, 0.2) is 0 Å². The Morgan fingerprint density at radius 3 is 2.11 bits per heavy atom. The summed E-state index contributed by atoms with van der Waals surface area (Å²) in [7, 11) is 0.727. The number of ether oxygens (including phenoxy) is 3. The topological polar surface area (TPSA) is 94.2 Å². The first-order chi connectivity index (χ1) is 13.3. The number of methoxy groups -OCH3 is 3. The van der Waals surface area contributed by atoms with Crippen LogP contribution in [0.2, 0.25) is 0 Å². The quantitative estimate of drug-likeness (QED) is 0.680. The Balaban J connectivity index is 2.17. The monoisotopic (exact) mass is 408 g/mol. The van der Waals surface area contributed by atoms with Gasteiger partial charge in [0, 0.05) is 12.6 Å². The van der Waals surface area contributed by atoms with Crippen molar-refractivity contribution in [2.24, 2.45) is 0 Å². The molecule has 2 rings (SSSR count). The van der Waals surface area contributed by atoms with E-state index in [9.17, 15) is 13.2 Å². The number of benzene rings is 2. The van der Waals surface area contributed by atoms with Gasteiger partial charge in [-0.2, -0.15) is 0 Å². The largest absolute Gasteiger partial charge is 0.497 e. The van der Waals surface area contributed by atoms with E-state index in [-0.39, 0.29) is 12.2 Å². The average molecular weight is 408 g/mol. The highest BCUT2D eigenvalue weighted by Crippen LogP contribution is 2.33. The number of amides is 1. The van der Waals surface area contributed by atoms with Crippen LogP contribution in [0.4, 0.5) is 5.69 Å². The molecule has 28 heavy (non-hydrogen) atoms. The first-order valence-electron chi connectivity index (χ1n) is 8.38. The first kappa shape index (κ1) is 21.4. The number of nitrogens with one attached hydrogen (secondary N) is 1. The van der Waals surface area contributed by atoms with Gasteiger partial charge in [-0.25, -0.2) is 8.42 Å². The third-order valence-electron chi connectivity index (χ3n) is 3.99. The van der Waals surface area contributed by atoms with Gasteiger partial charge in [0.05, 0.1) is 33.3 Å². The zero-order chi connectivity index (χ0) is 20.7. The summed E-state index contributed by atoms with van der Waals surface area (Å²) in [6.45, 7) is -0.131. The van der Waals surface area contributed by atoms with Crippen molar-refractivity contribution in [2.75, 3.05) is 38.4 Å². The van der Waals surface area contributed by atoms with Gasteiger partial charge in [-0.05, 0) is 29.8 Å². The number of rotatable bonds is 9. The van der Waals surface area contributed by atoms with Gasteiger partial charge in [-0.15, -0.1) is 0 Å². The SMILES string of the molecule is COc1ccc(CNC(=O)CN(c2cc(OC)ccc2OC)S(C)(=O)=O)cc1. The minimum Gasteiger partial charge on any atom is -0.497 e. The van der Waals surface area contributed by atoms with E-state index in [0.717, 1.165) is 16.1 Å². The summed E-state index contributed by atoms with van der Waals surface area (Å²) in [5.74, 6) is 1.02. The van der Waals surface area contributed by atoms with Crippen molar-refractivity contribution in [3.05, 3.63) is 48.0 Å². The zero-order valence-electron chi connectivity index (χ0n) is 16.3. The number of anilines is 1. The van der Waals surface area contributed by atoms with Gasteiger partial charge in [0.25, 0.3) is 0 Å². The summed E-state index contributed by atoms with van der Waals surface area (Å²) in [5.41, 5.74) is 1.09. The van der Waals surface area contributed by atoms with Crippen molar-refractivity contribution in [1.82, 2.24) is 5.32 Å². The van der Waals surface area contributed by atoms with Gasteiger partial charge in [0.2, 0.25) is 15.9 Å². The second kappa shape index (κ2) is 9.32. The fourth-order valence-electron chi connectivity index (χ4n) is 2.50. The van der Waals surface area contributed by atoms with E-state index in [1.165, 1.54) is 20.3 Å². The molecule has 0 saturated carbocycles. The van der Waals surface area contributed by atoms with Crippen molar-refractivity contribution < 1.29 is 27.4 Å². The standard InChI is InChI=1S/C19H24N2O6S/c1-25-15-7-5-14(6-8-15)12-20-19(22)13-21(28(4,23)24)17-11-16(26-2)9-10-18(17)27-3/h5-11H,12-13H2,1-4H3,(H,20,22). The van der Waals surface area contributed by atoms with E-state index in [0.29, 0.717) is 17.2 Å². The third-order valence-corrected chi connectivity index (χ3v) is 5.12. The second-order valence-corrected chi connectivity index (χ2v) is 7.84. The van der Waals surface area contributed by atoms with Crippen LogP contribution in [0.3, 0.4) is 0 Å². The number of hydrogen-bond donors (Lipinski definition) is 1. The van der Waals surface area contributed by atoms with Crippen LogP contribution in [0.25, 0.3) is 0 Å². The second-order valence-electron chi connectivity index (χ2n) is 5.93. The molecule has 0 bridgehead atoms. The lowest BCUT2D eigenvalue weighted by atomic mass is 10.2. The molecular weight excluding hydrogens is 384 g/mol. The van der Waals surface area contributed by atoms with Crippen LogP contribution in [0.1, 0.15) is 5.56 Å². The van der Waals surface area contributed by atoms with Crippen molar-refractivity contribution in [1.29, 1.82) is 0 Å². The molecule has 0 aliphatic rings. The van der Waals surface area contributed by atoms with Crippen molar-refractivity contribution >= 4 is 21.6 Å². The summed E-state index contributed by atoms with van der Waals surface area (Å²) in [4.78, 5) is 12.4. The zero-order valence-corrected chi connectivity index (χ0v) is 17.1. The van der Waals surface area contributed by atoms with Crippen LogP contribution in [-0.4, -0.2) is 48.5 Å². The van der Waals surface area contributed by atoms with E-state index < -0.39 is 22.5 Å². The van der Waals surface area contributed by atoms with Crippen LogP contribution >= 0.6 is 0 Å². The van der Waals surface area contributed by atoms with E-state index in [1.54, 1.807) is 31.4 Å². The van der Waals surface area contributed by atoms with Gasteiger partial charge in [-0.1, -0.05) is 12.1 Å². The fraction of sp³-hybridized carbons (Fsp3) is 0.316. The molecule has 0 spiro atoms. The van der Waals surface area contributed by atoms with Gasteiger partial charge in [0.1, 0.15) is 23.8 Å². The molecule has 0 aliphatic carbocycles. The van der Waals surface area contributed by atoms with Gasteiger partial charge in [-0.3, -0.25) is 9.10 Å². The molecule has 0 aliphatic heterocycles. The number of sulfonamides is 1. The highest BCUT2D eigenvalue weighted by Gasteiger charge is 2.24. The summed E-state index contributed by atoms with van der Waals surface area (Å²) in [5, 5.41) is 2.72. The Labute approximate surface area is 165 Å². The molecule has 1 amide bonds. The predicted octanol–water partition coefficient (Wildman–Crippen LogP) is 1.79. The van der Waals surface area contributed by atoms with Crippen molar-refractivity contribution in [3.8, 4) is 17.2 Å². The molecule has 2 aromatic rings. The van der Waals surface area contributed by atoms with E-state index in [1.807, 2.05) is 12.1 Å². The Bertz CT molecular complexity index is 913. The number of hydrogen-bond acceptors (Lipinski definition) is 6. The highest BCUT2D eigenvalue weighted by molar-refractivity contribution is 7.92. The van der Waals surface area contributed by atoms with E-state index >= 15 is 0 Å². The predicted molar refractivity (Wildman–Crippen MR) is 107 cm³/mol. The molecule has 0 atom stereocenters. The number of carbonyl (C=O) groups excluding carboxylic acids is 1. The summed E-state index contributed by atoms with van der Waals surface area (Å²) < 4.78 is 41.1. The van der Waals surface area contributed by atoms with Crippen molar-refractivity contribution in [2.45, 2.75) is 6.54 Å². The normalized spacial score (nSPS) is 10.9. The summed E-state index contributed by atoms with van der Waals surface area (Å²) in [6, 6.07) is 11.9. The molecule has 1 N–H and O–H groups in total. The molecule has 9 heteroatoms. The highest BCUT2D eigenvalue weighted by atomic mass is 32.2. The average Bonchev–Trinajstić information content (AvgIpc) is 2.69. The van der Waals surface area contributed by atoms with Crippen molar-refractivity contribution in [3.63, 3.8) is 0 Å². The smallest absolute Gasteiger partial charge is 0.241 e. The van der Waals surface area contributed by atoms with E-state index in [2.05, 4.69) is 5.32 Å². The van der Waals surface area contributed by atoms with Crippen LogP contribution in [0.15, 0.2) is 42.5 Å². The molecule has 0 unspecified atom stereocenters. The lowest BCUT2D eigenvalue weighted by Gasteiger charge is -2.24. The summed E-state index contributed by atoms with van der Waals surface area (Å²) >= 11 is 0. The molecule has 0 fully saturated rings. The number of nitrogens with zero attached hydrogens (tertiary/aromatic N) is 1. The maximum atomic E-state index is 12.4. The van der Waals surface area contributed by atoms with Crippen LogP contribution < -0.4 is 23.8 Å². The molecule has 152 valence electrons. The lowest BCUT2D eigenvalue weighted by molar-refractivity contribution is -0.119. The van der Waals surface area contributed by atoms with Crippen LogP contribution in [-0.2, 0) is 21.4 Å². The lowest BCUT2D eigenvalue weighted by Crippen LogP contribution is -2.40. The third kappa shape index (κ3) is 5.53. The van der Waals surface area contributed by atoms with E-state index in [4.69, 9.17) is 14.2 Å². The Morgan fingerprint density at radius 2 is 1.57 bits per heavy atom. The number of carbonyl (C=O) groups is 1. The Morgan fingerprint density at radius 1 is 0.964 bits per heavy atom. The Kier molecular flexibility index (Phi) is 7.11. The van der Waals surface area contributed by atoms with Gasteiger partial charge < -0.3 is 19.5 Å². The maximum absolute atomic E-state index is 12.4. The van der Waals surface area contributed by atoms with Gasteiger partial charge >= 0.3 is 0 Å². The fourth-order valence-corrected chi connectivity index (χ4v) is 3.35.